The van der Waals surface area contributed by atoms with Gasteiger partial charge in [0, 0.05) is 12.1 Å². The lowest BCUT2D eigenvalue weighted by atomic mass is 9.77. The van der Waals surface area contributed by atoms with Gasteiger partial charge in [-0.3, -0.25) is 0 Å². The number of rotatable bonds is 4. The second-order valence-corrected chi connectivity index (χ2v) is 5.97. The lowest BCUT2D eigenvalue weighted by Crippen LogP contribution is -2.35. The Hall–Kier alpha value is -1.69. The van der Waals surface area contributed by atoms with Crippen LogP contribution in [0.15, 0.2) is 18.2 Å². The van der Waals surface area contributed by atoms with Crippen molar-refractivity contribution < 1.29 is 4.74 Å². The molecule has 0 radical (unpaired) electrons. The van der Waals surface area contributed by atoms with Gasteiger partial charge < -0.3 is 10.1 Å². The number of nitrogens with zero attached hydrogens (tertiary/aromatic N) is 1. The Balaban J connectivity index is 2.21. The fourth-order valence-corrected chi connectivity index (χ4v) is 3.20. The van der Waals surface area contributed by atoms with Crippen molar-refractivity contribution in [1.82, 2.24) is 0 Å². The van der Waals surface area contributed by atoms with Gasteiger partial charge in [0.15, 0.2) is 0 Å². The molecule has 0 saturated heterocycles. The molecule has 0 amide bonds. The average Bonchev–Trinajstić information content (AvgIpc) is 2.47. The second-order valence-electron chi connectivity index (χ2n) is 5.97. The maximum atomic E-state index is 9.26. The molecule has 1 fully saturated rings. The van der Waals surface area contributed by atoms with E-state index in [0.717, 1.165) is 11.4 Å². The molecule has 1 aliphatic carbocycles. The maximum absolute atomic E-state index is 9.26. The highest BCUT2D eigenvalue weighted by atomic mass is 16.5. The Kier molecular flexibility index (Phi) is 4.89. The number of ether oxygens (including phenoxy) is 1. The lowest BCUT2D eigenvalue weighted by Gasteiger charge is -2.35. The molecule has 20 heavy (non-hydrogen) atoms. The Morgan fingerprint density at radius 1 is 1.30 bits per heavy atom. The number of nitrogens with one attached hydrogen (secondary N) is 1. The van der Waals surface area contributed by atoms with Crippen LogP contribution in [-0.2, 0) is 0 Å². The predicted molar refractivity (Wildman–Crippen MR) is 81.9 cm³/mol. The van der Waals surface area contributed by atoms with Gasteiger partial charge in [-0.25, -0.2) is 0 Å². The Morgan fingerprint density at radius 3 is 2.70 bits per heavy atom. The van der Waals surface area contributed by atoms with Gasteiger partial charge >= 0.3 is 0 Å². The van der Waals surface area contributed by atoms with Gasteiger partial charge in [0.2, 0.25) is 0 Å². The number of anilines is 1. The maximum Gasteiger partial charge on any atom is 0.121 e. The molecule has 1 saturated carbocycles. The SMILES string of the molecule is COc1ccc(C#N)c(NC2CCCCC2C(C)C)c1. The minimum Gasteiger partial charge on any atom is -0.497 e. The van der Waals surface area contributed by atoms with Crippen LogP contribution in [-0.4, -0.2) is 13.2 Å². The molecule has 2 unspecified atom stereocenters. The van der Waals surface area contributed by atoms with Crippen LogP contribution in [0.25, 0.3) is 0 Å². The smallest absolute Gasteiger partial charge is 0.121 e. The summed E-state index contributed by atoms with van der Waals surface area (Å²) in [5.41, 5.74) is 1.60. The van der Waals surface area contributed by atoms with Crippen LogP contribution in [0.1, 0.15) is 45.1 Å². The second kappa shape index (κ2) is 6.65. The monoisotopic (exact) mass is 272 g/mol. The molecule has 3 heteroatoms. The van der Waals surface area contributed by atoms with E-state index in [4.69, 9.17) is 4.74 Å². The Bertz CT molecular complexity index is 490. The van der Waals surface area contributed by atoms with Gasteiger partial charge in [-0.2, -0.15) is 5.26 Å². The summed E-state index contributed by atoms with van der Waals surface area (Å²) in [5, 5.41) is 12.9. The number of nitriles is 1. The molecule has 1 aromatic carbocycles. The van der Waals surface area contributed by atoms with Crippen LogP contribution in [0.4, 0.5) is 5.69 Å². The van der Waals surface area contributed by atoms with Crippen LogP contribution in [0.5, 0.6) is 5.75 Å². The third-order valence-corrected chi connectivity index (χ3v) is 4.36. The first kappa shape index (κ1) is 14.7. The molecule has 1 N–H and O–H groups in total. The van der Waals surface area contributed by atoms with Crippen molar-refractivity contribution in [3.8, 4) is 11.8 Å². The molecule has 0 heterocycles. The summed E-state index contributed by atoms with van der Waals surface area (Å²) in [6.45, 7) is 4.59. The number of hydrogen-bond donors (Lipinski definition) is 1. The van der Waals surface area contributed by atoms with E-state index in [1.165, 1.54) is 25.7 Å². The van der Waals surface area contributed by atoms with Gasteiger partial charge in [-0.15, -0.1) is 0 Å². The molecule has 1 aliphatic rings. The quantitative estimate of drug-likeness (QED) is 0.893. The highest BCUT2D eigenvalue weighted by Gasteiger charge is 2.27. The molecule has 0 aliphatic heterocycles. The van der Waals surface area contributed by atoms with Gasteiger partial charge in [-0.1, -0.05) is 26.7 Å². The van der Waals surface area contributed by atoms with Gasteiger partial charge in [0.1, 0.15) is 11.8 Å². The molecule has 0 aromatic heterocycles. The lowest BCUT2D eigenvalue weighted by molar-refractivity contribution is 0.254. The Labute approximate surface area is 121 Å². The number of hydrogen-bond acceptors (Lipinski definition) is 3. The first-order chi connectivity index (χ1) is 9.65. The van der Waals surface area contributed by atoms with E-state index >= 15 is 0 Å². The van der Waals surface area contributed by atoms with Crippen LogP contribution in [0.2, 0.25) is 0 Å². The van der Waals surface area contributed by atoms with E-state index in [9.17, 15) is 5.26 Å². The molecule has 0 bridgehead atoms. The third-order valence-electron chi connectivity index (χ3n) is 4.36. The van der Waals surface area contributed by atoms with E-state index in [0.29, 0.717) is 23.4 Å². The summed E-state index contributed by atoms with van der Waals surface area (Å²) in [7, 11) is 1.66. The largest absolute Gasteiger partial charge is 0.497 e. The fourth-order valence-electron chi connectivity index (χ4n) is 3.20. The van der Waals surface area contributed by atoms with E-state index in [1.807, 2.05) is 18.2 Å². The average molecular weight is 272 g/mol. The van der Waals surface area contributed by atoms with Crippen molar-refractivity contribution in [2.24, 2.45) is 11.8 Å². The highest BCUT2D eigenvalue weighted by Crippen LogP contribution is 2.33. The van der Waals surface area contributed by atoms with E-state index in [2.05, 4.69) is 25.2 Å². The van der Waals surface area contributed by atoms with Gasteiger partial charge in [0.05, 0.1) is 18.4 Å². The van der Waals surface area contributed by atoms with E-state index in [-0.39, 0.29) is 0 Å². The van der Waals surface area contributed by atoms with E-state index in [1.54, 1.807) is 7.11 Å². The van der Waals surface area contributed by atoms with Gasteiger partial charge in [-0.05, 0) is 36.8 Å². The Morgan fingerprint density at radius 2 is 2.05 bits per heavy atom. The number of methoxy groups -OCH3 is 1. The molecule has 108 valence electrons. The van der Waals surface area contributed by atoms with E-state index < -0.39 is 0 Å². The molecule has 1 aromatic rings. The zero-order chi connectivity index (χ0) is 14.5. The first-order valence-electron chi connectivity index (χ1n) is 7.50. The summed E-state index contributed by atoms with van der Waals surface area (Å²) < 4.78 is 5.27. The standard InChI is InChI=1S/C17H24N2O/c1-12(2)15-6-4-5-7-16(15)19-17-10-14(20-3)9-8-13(17)11-18/h8-10,12,15-16,19H,4-7H2,1-3H3. The fraction of sp³-hybridized carbons (Fsp3) is 0.588. The molecule has 3 nitrogen and oxygen atoms in total. The number of benzene rings is 1. The van der Waals surface area contributed by atoms with Crippen LogP contribution in [0, 0.1) is 23.2 Å². The van der Waals surface area contributed by atoms with Gasteiger partial charge in [0.25, 0.3) is 0 Å². The molecule has 0 spiro atoms. The van der Waals surface area contributed by atoms with Crippen molar-refractivity contribution in [2.45, 2.75) is 45.6 Å². The summed E-state index contributed by atoms with van der Waals surface area (Å²) >= 11 is 0. The van der Waals surface area contributed by atoms with Crippen molar-refractivity contribution >= 4 is 5.69 Å². The van der Waals surface area contributed by atoms with Crippen LogP contribution in [0.3, 0.4) is 0 Å². The highest BCUT2D eigenvalue weighted by molar-refractivity contribution is 5.61. The predicted octanol–water partition coefficient (Wildman–Crippen LogP) is 4.19. The summed E-state index contributed by atoms with van der Waals surface area (Å²) in [5.74, 6) is 2.15. The normalized spacial score (nSPS) is 22.4. The summed E-state index contributed by atoms with van der Waals surface area (Å²) in [6.07, 6.45) is 5.06. The minimum absolute atomic E-state index is 0.461. The van der Waals surface area contributed by atoms with Crippen LogP contribution < -0.4 is 10.1 Å². The van der Waals surface area contributed by atoms with Crippen molar-refractivity contribution in [3.05, 3.63) is 23.8 Å². The minimum atomic E-state index is 0.461. The third kappa shape index (κ3) is 3.25. The first-order valence-corrected chi connectivity index (χ1v) is 7.50. The molecule has 2 atom stereocenters. The molecular formula is C17H24N2O. The zero-order valence-corrected chi connectivity index (χ0v) is 12.6. The topological polar surface area (TPSA) is 45.0 Å². The van der Waals surface area contributed by atoms with Crippen molar-refractivity contribution in [3.63, 3.8) is 0 Å². The van der Waals surface area contributed by atoms with Crippen molar-refractivity contribution in [1.29, 1.82) is 5.26 Å². The zero-order valence-electron chi connectivity index (χ0n) is 12.6. The summed E-state index contributed by atoms with van der Waals surface area (Å²) in [4.78, 5) is 0. The van der Waals surface area contributed by atoms with Crippen molar-refractivity contribution in [2.75, 3.05) is 12.4 Å². The molecule has 2 rings (SSSR count). The van der Waals surface area contributed by atoms with Crippen LogP contribution >= 0.6 is 0 Å². The summed E-state index contributed by atoms with van der Waals surface area (Å²) in [6, 6.07) is 8.32. The molecular weight excluding hydrogens is 248 g/mol.